The zero-order valence-corrected chi connectivity index (χ0v) is 12.4. The van der Waals surface area contributed by atoms with Gasteiger partial charge in [0.15, 0.2) is 0 Å². The Labute approximate surface area is 115 Å². The maximum atomic E-state index is 11.8. The minimum absolute atomic E-state index is 0.598. The fraction of sp³-hybridized carbons (Fsp3) is 0.615. The van der Waals surface area contributed by atoms with E-state index < -0.39 is 40.5 Å². The van der Waals surface area contributed by atoms with Gasteiger partial charge in [-0.05, 0) is 41.5 Å². The summed E-state index contributed by atoms with van der Waals surface area (Å²) in [4.78, 5) is 34.8. The molecule has 20 heavy (non-hydrogen) atoms. The number of esters is 2. The van der Waals surface area contributed by atoms with Gasteiger partial charge in [0.2, 0.25) is 0 Å². The third-order valence-corrected chi connectivity index (χ3v) is 1.75. The minimum Gasteiger partial charge on any atom is -0.454 e. The summed E-state index contributed by atoms with van der Waals surface area (Å²) >= 11 is 0. The van der Waals surface area contributed by atoms with Crippen molar-refractivity contribution in [1.82, 2.24) is 0 Å². The summed E-state index contributed by atoms with van der Waals surface area (Å²) in [6.45, 7) is 9.81. The first-order valence-corrected chi connectivity index (χ1v) is 6.00. The van der Waals surface area contributed by atoms with Crippen LogP contribution in [-0.4, -0.2) is 23.1 Å². The average molecular weight is 286 g/mol. The second kappa shape index (κ2) is 5.15. The lowest BCUT2D eigenvalue weighted by atomic mass is 10.2. The molecule has 0 fully saturated rings. The van der Waals surface area contributed by atoms with Gasteiger partial charge >= 0.3 is 17.8 Å². The second-order valence-electron chi connectivity index (χ2n) is 6.12. The standard InChI is InChI=1S/C13H18O7/c1-12(2,3)19-9(14)7-8(18-11(16)17-7)10(15)20-13(4,5)6/h1-6H3. The molecule has 0 aromatic carbocycles. The smallest absolute Gasteiger partial charge is 0.454 e. The van der Waals surface area contributed by atoms with Gasteiger partial charge in [0, 0.05) is 0 Å². The zero-order valence-electron chi connectivity index (χ0n) is 12.4. The van der Waals surface area contributed by atoms with Gasteiger partial charge in [-0.15, -0.1) is 0 Å². The topological polar surface area (TPSA) is 96.0 Å². The molecule has 1 aromatic heterocycles. The lowest BCUT2D eigenvalue weighted by molar-refractivity contribution is -0.00199. The predicted molar refractivity (Wildman–Crippen MR) is 67.6 cm³/mol. The molecule has 0 atom stereocenters. The minimum atomic E-state index is -1.17. The van der Waals surface area contributed by atoms with E-state index in [-0.39, 0.29) is 0 Å². The summed E-state index contributed by atoms with van der Waals surface area (Å²) < 4.78 is 19.2. The van der Waals surface area contributed by atoms with Gasteiger partial charge < -0.3 is 18.3 Å². The van der Waals surface area contributed by atoms with Crippen molar-refractivity contribution in [2.75, 3.05) is 0 Å². The lowest BCUT2D eigenvalue weighted by Gasteiger charge is -2.19. The van der Waals surface area contributed by atoms with Crippen molar-refractivity contribution < 1.29 is 27.9 Å². The highest BCUT2D eigenvalue weighted by Gasteiger charge is 2.33. The van der Waals surface area contributed by atoms with E-state index in [9.17, 15) is 14.4 Å². The summed E-state index contributed by atoms with van der Waals surface area (Å²) in [6, 6.07) is 0. The van der Waals surface area contributed by atoms with E-state index in [0.29, 0.717) is 0 Å². The molecule has 0 bridgehead atoms. The molecular formula is C13H18O7. The Kier molecular flexibility index (Phi) is 4.12. The fourth-order valence-corrected chi connectivity index (χ4v) is 1.20. The molecule has 1 heterocycles. The molecule has 112 valence electrons. The Balaban J connectivity index is 3.08. The number of carbonyl (C=O) groups is 2. The summed E-state index contributed by atoms with van der Waals surface area (Å²) in [5.74, 6) is -4.31. The van der Waals surface area contributed by atoms with E-state index in [2.05, 4.69) is 8.83 Å². The van der Waals surface area contributed by atoms with Gasteiger partial charge in [-0.2, -0.15) is 0 Å². The van der Waals surface area contributed by atoms with E-state index >= 15 is 0 Å². The number of hydrogen-bond acceptors (Lipinski definition) is 7. The van der Waals surface area contributed by atoms with Crippen LogP contribution in [0.5, 0.6) is 0 Å². The Morgan fingerprint density at radius 2 is 1.10 bits per heavy atom. The summed E-state index contributed by atoms with van der Waals surface area (Å²) in [5, 5.41) is 0. The van der Waals surface area contributed by atoms with Crippen molar-refractivity contribution in [2.24, 2.45) is 0 Å². The van der Waals surface area contributed by atoms with E-state index in [4.69, 9.17) is 9.47 Å². The molecule has 0 aliphatic heterocycles. The van der Waals surface area contributed by atoms with Crippen molar-refractivity contribution >= 4 is 11.9 Å². The number of carbonyl (C=O) groups excluding carboxylic acids is 2. The molecule has 0 unspecified atom stereocenters. The Morgan fingerprint density at radius 3 is 1.35 bits per heavy atom. The highest BCUT2D eigenvalue weighted by atomic mass is 16.6. The molecule has 0 amide bonds. The normalized spacial score (nSPS) is 12.1. The molecule has 0 saturated carbocycles. The largest absolute Gasteiger partial charge is 0.520 e. The molecular weight excluding hydrogens is 268 g/mol. The van der Waals surface area contributed by atoms with Gasteiger partial charge in [0.25, 0.3) is 11.5 Å². The summed E-state index contributed by atoms with van der Waals surface area (Å²) in [6.07, 6.45) is 0. The number of ether oxygens (including phenoxy) is 2. The monoisotopic (exact) mass is 286 g/mol. The van der Waals surface area contributed by atoms with Crippen LogP contribution in [0.25, 0.3) is 0 Å². The first-order valence-electron chi connectivity index (χ1n) is 6.00. The number of rotatable bonds is 2. The van der Waals surface area contributed by atoms with Crippen LogP contribution in [0.1, 0.15) is 62.7 Å². The SMILES string of the molecule is CC(C)(C)OC(=O)c1oc(=O)oc1C(=O)OC(C)(C)C. The quantitative estimate of drug-likeness (QED) is 0.768. The van der Waals surface area contributed by atoms with Gasteiger partial charge in [0.05, 0.1) is 0 Å². The Bertz CT molecular complexity index is 514. The van der Waals surface area contributed by atoms with Crippen LogP contribution in [0, 0.1) is 0 Å². The molecule has 0 aliphatic carbocycles. The predicted octanol–water partition coefficient (Wildman–Crippen LogP) is 2.14. The van der Waals surface area contributed by atoms with Crippen molar-refractivity contribution in [2.45, 2.75) is 52.7 Å². The molecule has 1 rings (SSSR count). The van der Waals surface area contributed by atoms with Crippen molar-refractivity contribution in [3.63, 3.8) is 0 Å². The zero-order chi connectivity index (χ0) is 15.7. The molecule has 0 spiro atoms. The first kappa shape index (κ1) is 16.0. The maximum absolute atomic E-state index is 11.8. The van der Waals surface area contributed by atoms with Gasteiger partial charge in [-0.3, -0.25) is 0 Å². The summed E-state index contributed by atoms with van der Waals surface area (Å²) in [7, 11) is 0. The van der Waals surface area contributed by atoms with Gasteiger partial charge in [-0.1, -0.05) is 0 Å². The van der Waals surface area contributed by atoms with E-state index in [0.717, 1.165) is 0 Å². The van der Waals surface area contributed by atoms with E-state index in [1.165, 1.54) is 0 Å². The summed E-state index contributed by atoms with van der Waals surface area (Å²) in [5.41, 5.74) is -1.61. The Hall–Kier alpha value is -2.05. The van der Waals surface area contributed by atoms with Gasteiger partial charge in [-0.25, -0.2) is 14.4 Å². The molecule has 1 aromatic rings. The highest BCUT2D eigenvalue weighted by Crippen LogP contribution is 2.18. The van der Waals surface area contributed by atoms with Crippen molar-refractivity contribution in [1.29, 1.82) is 0 Å². The van der Waals surface area contributed by atoms with Crippen LogP contribution in [0.4, 0.5) is 0 Å². The number of hydrogen-bond donors (Lipinski definition) is 0. The van der Waals surface area contributed by atoms with Crippen molar-refractivity contribution in [3.05, 3.63) is 22.1 Å². The maximum Gasteiger partial charge on any atom is 0.520 e. The van der Waals surface area contributed by atoms with Crippen LogP contribution >= 0.6 is 0 Å². The third kappa shape index (κ3) is 4.56. The second-order valence-corrected chi connectivity index (χ2v) is 6.12. The van der Waals surface area contributed by atoms with Crippen LogP contribution in [0.2, 0.25) is 0 Å². The van der Waals surface area contributed by atoms with Crippen LogP contribution in [0.15, 0.2) is 13.6 Å². The molecule has 0 N–H and O–H groups in total. The van der Waals surface area contributed by atoms with Crippen LogP contribution in [-0.2, 0) is 9.47 Å². The Morgan fingerprint density at radius 1 is 0.800 bits per heavy atom. The highest BCUT2D eigenvalue weighted by molar-refractivity contribution is 5.99. The van der Waals surface area contributed by atoms with Gasteiger partial charge in [0.1, 0.15) is 11.2 Å². The molecule has 0 radical (unpaired) electrons. The molecule has 0 saturated heterocycles. The van der Waals surface area contributed by atoms with Crippen LogP contribution < -0.4 is 5.82 Å². The lowest BCUT2D eigenvalue weighted by Crippen LogP contribution is -2.27. The van der Waals surface area contributed by atoms with E-state index in [1.807, 2.05) is 0 Å². The molecule has 7 heteroatoms. The van der Waals surface area contributed by atoms with Crippen molar-refractivity contribution in [3.8, 4) is 0 Å². The third-order valence-electron chi connectivity index (χ3n) is 1.75. The molecule has 0 aliphatic rings. The first-order chi connectivity index (χ1) is 8.89. The fourth-order valence-electron chi connectivity index (χ4n) is 1.20. The van der Waals surface area contributed by atoms with Crippen LogP contribution in [0.3, 0.4) is 0 Å². The van der Waals surface area contributed by atoms with E-state index in [1.54, 1.807) is 41.5 Å². The molecule has 7 nitrogen and oxygen atoms in total. The average Bonchev–Trinajstić information content (AvgIpc) is 2.55.